The number of hydrazone groups is 4. The lowest BCUT2D eigenvalue weighted by molar-refractivity contribution is 1.02. The van der Waals surface area contributed by atoms with Crippen LogP contribution in [0.15, 0.2) is 105 Å². The van der Waals surface area contributed by atoms with Crippen LogP contribution in [0, 0.1) is 0 Å². The van der Waals surface area contributed by atoms with E-state index in [4.69, 9.17) is 48.9 Å². The first-order chi connectivity index (χ1) is 22.1. The van der Waals surface area contributed by atoms with Crippen molar-refractivity contribution in [1.82, 2.24) is 21.7 Å². The minimum absolute atomic E-state index is 0.312. The third-order valence-corrected chi connectivity index (χ3v) is 6.59. The Morgan fingerprint density at radius 2 is 0.587 bits per heavy atom. The second-order valence-electron chi connectivity index (χ2n) is 9.36. The highest BCUT2D eigenvalue weighted by Gasteiger charge is 2.04. The molecule has 0 spiro atoms. The molecular weight excluding hydrogens is 657 g/mol. The van der Waals surface area contributed by atoms with Crippen molar-refractivity contribution >= 4 is 115 Å². The molecule has 8 N–H and O–H groups in total. The molecule has 12 nitrogen and oxygen atoms in total. The molecule has 0 atom stereocenters. The van der Waals surface area contributed by atoms with Crippen LogP contribution in [0.4, 0.5) is 22.7 Å². The van der Waals surface area contributed by atoms with Gasteiger partial charge in [-0.3, -0.25) is 21.7 Å². The maximum atomic E-state index is 5.36. The number of rotatable bonds is 10. The van der Waals surface area contributed by atoms with Crippen LogP contribution in [-0.4, -0.2) is 43.3 Å². The lowest BCUT2D eigenvalue weighted by Crippen LogP contribution is -2.28. The SMILES string of the molecule is CC(=N\NC(=S)Nc1ccccc1)/C(C)=N/NC(=S)Nc1ccc(NC(=S)N/N=C(C)/C(C)=N/NC(=S)Nc2ccccc2)cc1. The standard InChI is InChI=1S/C30H34N12S4/c1-19(35-39-27(43)31-23-11-7-5-8-12-23)21(3)37-41-29(45)33-25-15-17-26(18-16-25)34-30(46)42-38-22(4)20(2)36-40-28(44)32-24-13-9-6-10-14-24/h5-18H,1-4H3,(H2,31,39,43)(H2,32,40,44)(H2,33,41,45)(H2,34,42,46)/b35-19+,36-20+,37-21+,38-22+. The minimum atomic E-state index is 0.312. The fraction of sp³-hybridized carbons (Fsp3) is 0.133. The maximum Gasteiger partial charge on any atom is 0.191 e. The molecular formula is C30H34N12S4. The zero-order valence-corrected chi connectivity index (χ0v) is 28.8. The third kappa shape index (κ3) is 13.4. The van der Waals surface area contributed by atoms with Crippen molar-refractivity contribution in [2.75, 3.05) is 21.3 Å². The van der Waals surface area contributed by atoms with Crippen LogP contribution in [0.5, 0.6) is 0 Å². The Morgan fingerprint density at radius 1 is 0.370 bits per heavy atom. The van der Waals surface area contributed by atoms with E-state index < -0.39 is 0 Å². The molecule has 3 aromatic rings. The lowest BCUT2D eigenvalue weighted by atomic mass is 10.3. The summed E-state index contributed by atoms with van der Waals surface area (Å²) in [6.07, 6.45) is 0. The Balaban J connectivity index is 1.40. The number of para-hydroxylation sites is 2. The first-order valence-corrected chi connectivity index (χ1v) is 15.4. The topological polar surface area (TPSA) is 146 Å². The molecule has 0 fully saturated rings. The predicted octanol–water partition coefficient (Wildman–Crippen LogP) is 5.74. The third-order valence-electron chi connectivity index (χ3n) is 5.81. The van der Waals surface area contributed by atoms with Crippen molar-refractivity contribution < 1.29 is 0 Å². The van der Waals surface area contributed by atoms with Gasteiger partial charge in [-0.2, -0.15) is 20.4 Å². The van der Waals surface area contributed by atoms with Crippen molar-refractivity contribution in [3.05, 3.63) is 84.9 Å². The van der Waals surface area contributed by atoms with E-state index in [2.05, 4.69) is 63.4 Å². The zero-order valence-electron chi connectivity index (χ0n) is 25.5. The normalized spacial score (nSPS) is 11.9. The number of thiocarbonyl (C=S) groups is 4. The summed E-state index contributed by atoms with van der Waals surface area (Å²) in [6, 6.07) is 26.5. The van der Waals surface area contributed by atoms with Crippen LogP contribution in [0.2, 0.25) is 0 Å². The molecule has 0 unspecified atom stereocenters. The van der Waals surface area contributed by atoms with Crippen LogP contribution >= 0.6 is 48.9 Å². The average Bonchev–Trinajstić information content (AvgIpc) is 3.05. The summed E-state index contributed by atoms with van der Waals surface area (Å²) in [5, 5.41) is 30.7. The van der Waals surface area contributed by atoms with Gasteiger partial charge in [0.15, 0.2) is 20.4 Å². The van der Waals surface area contributed by atoms with Gasteiger partial charge in [0.25, 0.3) is 0 Å². The molecule has 0 aliphatic rings. The molecule has 0 aliphatic carbocycles. The first-order valence-electron chi connectivity index (χ1n) is 13.7. The van der Waals surface area contributed by atoms with E-state index in [1.807, 2.05) is 84.9 Å². The molecule has 238 valence electrons. The number of hydrogen-bond acceptors (Lipinski definition) is 8. The van der Waals surface area contributed by atoms with Gasteiger partial charge < -0.3 is 21.3 Å². The molecule has 0 saturated carbocycles. The van der Waals surface area contributed by atoms with Crippen molar-refractivity contribution in [2.45, 2.75) is 27.7 Å². The first kappa shape index (κ1) is 35.6. The van der Waals surface area contributed by atoms with Gasteiger partial charge in [-0.05, 0) is 125 Å². The second-order valence-corrected chi connectivity index (χ2v) is 11.0. The highest BCUT2D eigenvalue weighted by Crippen LogP contribution is 2.13. The Hall–Kier alpha value is -4.90. The zero-order chi connectivity index (χ0) is 33.3. The molecule has 3 rings (SSSR count). The summed E-state index contributed by atoms with van der Waals surface area (Å²) in [6.45, 7) is 7.22. The summed E-state index contributed by atoms with van der Waals surface area (Å²) in [5.74, 6) is 0. The van der Waals surface area contributed by atoms with Crippen molar-refractivity contribution in [3.8, 4) is 0 Å². The molecule has 0 aromatic heterocycles. The summed E-state index contributed by atoms with van der Waals surface area (Å²) in [7, 11) is 0. The molecule has 0 amide bonds. The van der Waals surface area contributed by atoms with Gasteiger partial charge in [-0.15, -0.1) is 0 Å². The summed E-state index contributed by atoms with van der Waals surface area (Å²) in [4.78, 5) is 0. The molecule has 16 heteroatoms. The molecule has 0 radical (unpaired) electrons. The van der Waals surface area contributed by atoms with Crippen molar-refractivity contribution in [1.29, 1.82) is 0 Å². The van der Waals surface area contributed by atoms with Gasteiger partial charge in [0.05, 0.1) is 22.8 Å². The Morgan fingerprint density at radius 3 is 0.826 bits per heavy atom. The van der Waals surface area contributed by atoms with Gasteiger partial charge in [0, 0.05) is 22.7 Å². The van der Waals surface area contributed by atoms with Gasteiger partial charge in [0.1, 0.15) is 0 Å². The van der Waals surface area contributed by atoms with Gasteiger partial charge >= 0.3 is 0 Å². The summed E-state index contributed by atoms with van der Waals surface area (Å²) in [5.41, 5.74) is 17.0. The van der Waals surface area contributed by atoms with Gasteiger partial charge in [-0.25, -0.2) is 0 Å². The average molecular weight is 691 g/mol. The van der Waals surface area contributed by atoms with Crippen LogP contribution in [-0.2, 0) is 0 Å². The highest BCUT2D eigenvalue weighted by molar-refractivity contribution is 7.81. The molecule has 0 saturated heterocycles. The lowest BCUT2D eigenvalue weighted by Gasteiger charge is -2.11. The largest absolute Gasteiger partial charge is 0.331 e. The van der Waals surface area contributed by atoms with E-state index in [0.717, 1.165) is 22.7 Å². The monoisotopic (exact) mass is 690 g/mol. The van der Waals surface area contributed by atoms with E-state index in [0.29, 0.717) is 43.3 Å². The van der Waals surface area contributed by atoms with Crippen LogP contribution in [0.1, 0.15) is 27.7 Å². The van der Waals surface area contributed by atoms with Crippen molar-refractivity contribution in [2.24, 2.45) is 20.4 Å². The van der Waals surface area contributed by atoms with Crippen LogP contribution < -0.4 is 43.0 Å². The number of hydrogen-bond donors (Lipinski definition) is 8. The Bertz CT molecular complexity index is 1510. The molecule has 0 heterocycles. The molecule has 0 aliphatic heterocycles. The smallest absolute Gasteiger partial charge is 0.191 e. The minimum Gasteiger partial charge on any atom is -0.331 e. The number of nitrogens with zero attached hydrogens (tertiary/aromatic N) is 4. The molecule has 3 aromatic carbocycles. The molecule has 46 heavy (non-hydrogen) atoms. The molecule has 0 bridgehead atoms. The van der Waals surface area contributed by atoms with E-state index in [1.165, 1.54) is 0 Å². The second kappa shape index (κ2) is 18.8. The van der Waals surface area contributed by atoms with E-state index >= 15 is 0 Å². The Kier molecular flexibility index (Phi) is 14.5. The van der Waals surface area contributed by atoms with Crippen LogP contribution in [0.25, 0.3) is 0 Å². The predicted molar refractivity (Wildman–Crippen MR) is 209 cm³/mol. The highest BCUT2D eigenvalue weighted by atomic mass is 32.1. The van der Waals surface area contributed by atoms with E-state index in [1.54, 1.807) is 27.7 Å². The van der Waals surface area contributed by atoms with E-state index in [9.17, 15) is 0 Å². The summed E-state index contributed by atoms with van der Waals surface area (Å²) < 4.78 is 0. The fourth-order valence-corrected chi connectivity index (χ4v) is 3.83. The summed E-state index contributed by atoms with van der Waals surface area (Å²) >= 11 is 21.3. The fourth-order valence-electron chi connectivity index (χ4n) is 3.18. The maximum absolute atomic E-state index is 5.36. The van der Waals surface area contributed by atoms with Crippen molar-refractivity contribution in [3.63, 3.8) is 0 Å². The van der Waals surface area contributed by atoms with Gasteiger partial charge in [0.2, 0.25) is 0 Å². The quantitative estimate of drug-likeness (QED) is 0.0747. The van der Waals surface area contributed by atoms with E-state index in [-0.39, 0.29) is 0 Å². The number of nitrogens with one attached hydrogen (secondary N) is 8. The Labute approximate surface area is 289 Å². The number of benzene rings is 3. The van der Waals surface area contributed by atoms with Crippen LogP contribution in [0.3, 0.4) is 0 Å². The number of anilines is 4. The van der Waals surface area contributed by atoms with Gasteiger partial charge in [-0.1, -0.05) is 36.4 Å².